The van der Waals surface area contributed by atoms with Gasteiger partial charge in [0, 0.05) is 18.5 Å². The number of amides is 2. The van der Waals surface area contributed by atoms with Crippen LogP contribution in [0.2, 0.25) is 0 Å². The molecule has 2 amide bonds. The molecule has 0 aromatic rings. The second kappa shape index (κ2) is 6.77. The molecule has 118 valence electrons. The van der Waals surface area contributed by atoms with Gasteiger partial charge in [-0.1, -0.05) is 30.4 Å². The molecule has 4 atom stereocenters. The van der Waals surface area contributed by atoms with Crippen LogP contribution in [-0.4, -0.2) is 24.9 Å². The van der Waals surface area contributed by atoms with Crippen LogP contribution < -0.4 is 10.6 Å². The minimum absolute atomic E-state index is 0.0704. The van der Waals surface area contributed by atoms with Crippen molar-refractivity contribution >= 4 is 11.8 Å². The summed E-state index contributed by atoms with van der Waals surface area (Å²) in [5, 5.41) is 5.70. The highest BCUT2D eigenvalue weighted by Crippen LogP contribution is 2.58. The van der Waals surface area contributed by atoms with Gasteiger partial charge in [-0.15, -0.1) is 19.7 Å². The maximum atomic E-state index is 12.6. The van der Waals surface area contributed by atoms with E-state index >= 15 is 0 Å². The second-order valence-electron chi connectivity index (χ2n) is 6.02. The van der Waals surface area contributed by atoms with Gasteiger partial charge in [0.2, 0.25) is 11.8 Å². The zero-order valence-electron chi connectivity index (χ0n) is 12.9. The van der Waals surface area contributed by atoms with E-state index < -0.39 is 0 Å². The molecule has 2 bridgehead atoms. The third kappa shape index (κ3) is 2.78. The number of allylic oxidation sites excluding steroid dienone is 3. The minimum atomic E-state index is -0.356. The molecule has 0 spiro atoms. The summed E-state index contributed by atoms with van der Waals surface area (Å²) in [5.74, 6) is -0.712. The summed E-state index contributed by atoms with van der Waals surface area (Å²) >= 11 is 0. The van der Waals surface area contributed by atoms with Crippen molar-refractivity contribution in [3.63, 3.8) is 0 Å². The molecule has 4 heteroatoms. The summed E-state index contributed by atoms with van der Waals surface area (Å²) in [6.07, 6.45) is 10.9. The van der Waals surface area contributed by atoms with E-state index in [1.165, 1.54) is 0 Å². The molecule has 22 heavy (non-hydrogen) atoms. The van der Waals surface area contributed by atoms with Gasteiger partial charge < -0.3 is 10.6 Å². The minimum Gasteiger partial charge on any atom is -0.352 e. The Morgan fingerprint density at radius 3 is 2.32 bits per heavy atom. The number of hydrogen-bond donors (Lipinski definition) is 2. The predicted octanol–water partition coefficient (Wildman–Crippen LogP) is 1.98. The number of carbonyl (C=O) groups excluding carboxylic acids is 2. The molecule has 2 aliphatic rings. The molecule has 1 fully saturated rings. The molecule has 0 heterocycles. The van der Waals surface area contributed by atoms with Crippen molar-refractivity contribution in [3.05, 3.63) is 50.1 Å². The lowest BCUT2D eigenvalue weighted by Gasteiger charge is -2.34. The van der Waals surface area contributed by atoms with Crippen LogP contribution in [0.15, 0.2) is 50.1 Å². The van der Waals surface area contributed by atoms with Gasteiger partial charge in [0.1, 0.15) is 0 Å². The van der Waals surface area contributed by atoms with E-state index in [1.54, 1.807) is 12.2 Å². The molecule has 0 aromatic heterocycles. The van der Waals surface area contributed by atoms with E-state index in [9.17, 15) is 9.59 Å². The lowest BCUT2D eigenvalue weighted by atomic mass is 9.70. The van der Waals surface area contributed by atoms with Gasteiger partial charge in [-0.2, -0.15) is 0 Å². The Kier molecular flexibility index (Phi) is 5.01. The molecule has 0 aliphatic heterocycles. The molecule has 2 rings (SSSR count). The number of rotatable bonds is 8. The van der Waals surface area contributed by atoms with Crippen molar-refractivity contribution in [2.24, 2.45) is 23.2 Å². The summed E-state index contributed by atoms with van der Waals surface area (Å²) in [6, 6.07) is 0. The van der Waals surface area contributed by atoms with Crippen LogP contribution in [0.1, 0.15) is 12.8 Å². The Morgan fingerprint density at radius 1 is 1.09 bits per heavy atom. The van der Waals surface area contributed by atoms with Gasteiger partial charge >= 0.3 is 0 Å². The Hall–Kier alpha value is -2.10. The summed E-state index contributed by atoms with van der Waals surface area (Å²) < 4.78 is 0. The first-order valence-electron chi connectivity index (χ1n) is 7.67. The monoisotopic (exact) mass is 300 g/mol. The van der Waals surface area contributed by atoms with Gasteiger partial charge in [0.25, 0.3) is 0 Å². The van der Waals surface area contributed by atoms with Crippen LogP contribution in [0.3, 0.4) is 0 Å². The molecule has 0 aromatic carbocycles. The van der Waals surface area contributed by atoms with Crippen molar-refractivity contribution < 1.29 is 9.59 Å². The van der Waals surface area contributed by atoms with Crippen LogP contribution in [0.25, 0.3) is 0 Å². The number of fused-ring (bicyclic) bond motifs is 2. The molecule has 2 aliphatic carbocycles. The van der Waals surface area contributed by atoms with Gasteiger partial charge in [0.15, 0.2) is 0 Å². The van der Waals surface area contributed by atoms with Crippen molar-refractivity contribution in [3.8, 4) is 0 Å². The third-order valence-corrected chi connectivity index (χ3v) is 4.68. The fraction of sp³-hybridized carbons (Fsp3) is 0.444. The molecule has 4 unspecified atom stereocenters. The molecule has 4 nitrogen and oxygen atoms in total. The lowest BCUT2D eigenvalue weighted by molar-refractivity contribution is -0.136. The molecule has 1 saturated carbocycles. The van der Waals surface area contributed by atoms with Crippen LogP contribution in [0.4, 0.5) is 0 Å². The van der Waals surface area contributed by atoms with Crippen molar-refractivity contribution in [2.45, 2.75) is 12.8 Å². The molecule has 2 N–H and O–H groups in total. The molecule has 0 radical (unpaired) electrons. The van der Waals surface area contributed by atoms with E-state index in [4.69, 9.17) is 0 Å². The number of carbonyl (C=O) groups is 2. The zero-order chi connectivity index (χ0) is 16.2. The SMILES string of the molecule is C=CCNC(=O)C1C2C=CC(CC=C)(C2)C1C(=O)NCC=C. The molecular weight excluding hydrogens is 276 g/mol. The highest BCUT2D eigenvalue weighted by Gasteiger charge is 2.59. The van der Waals surface area contributed by atoms with Crippen molar-refractivity contribution in [2.75, 3.05) is 13.1 Å². The first kappa shape index (κ1) is 16.3. The topological polar surface area (TPSA) is 58.2 Å². The average Bonchev–Trinajstić information content (AvgIpc) is 3.06. The number of nitrogens with one attached hydrogen (secondary N) is 2. The fourth-order valence-corrected chi connectivity index (χ4v) is 3.86. The average molecular weight is 300 g/mol. The van der Waals surface area contributed by atoms with Gasteiger partial charge in [-0.05, 0) is 18.8 Å². The maximum absolute atomic E-state index is 12.6. The zero-order valence-corrected chi connectivity index (χ0v) is 12.9. The summed E-state index contributed by atoms with van der Waals surface area (Å²) in [6.45, 7) is 11.9. The van der Waals surface area contributed by atoms with E-state index in [-0.39, 0.29) is 35.0 Å². The Morgan fingerprint density at radius 2 is 1.73 bits per heavy atom. The van der Waals surface area contributed by atoms with Crippen molar-refractivity contribution in [1.29, 1.82) is 0 Å². The van der Waals surface area contributed by atoms with Crippen LogP contribution in [-0.2, 0) is 9.59 Å². The van der Waals surface area contributed by atoms with Crippen LogP contribution in [0.5, 0.6) is 0 Å². The second-order valence-corrected chi connectivity index (χ2v) is 6.02. The largest absolute Gasteiger partial charge is 0.352 e. The smallest absolute Gasteiger partial charge is 0.225 e. The first-order valence-corrected chi connectivity index (χ1v) is 7.67. The predicted molar refractivity (Wildman–Crippen MR) is 87.9 cm³/mol. The van der Waals surface area contributed by atoms with Crippen LogP contribution >= 0.6 is 0 Å². The van der Waals surface area contributed by atoms with E-state index in [0.29, 0.717) is 19.5 Å². The Bertz CT molecular complexity index is 523. The molecule has 0 saturated heterocycles. The normalized spacial score (nSPS) is 31.5. The first-order chi connectivity index (χ1) is 10.6. The number of hydrogen-bond acceptors (Lipinski definition) is 2. The summed E-state index contributed by atoms with van der Waals surface area (Å²) in [7, 11) is 0. The summed E-state index contributed by atoms with van der Waals surface area (Å²) in [4.78, 5) is 25.1. The summed E-state index contributed by atoms with van der Waals surface area (Å²) in [5.41, 5.74) is -0.284. The Balaban J connectivity index is 2.27. The van der Waals surface area contributed by atoms with E-state index in [0.717, 1.165) is 6.42 Å². The fourth-order valence-electron chi connectivity index (χ4n) is 3.86. The van der Waals surface area contributed by atoms with Crippen LogP contribution in [0, 0.1) is 23.2 Å². The van der Waals surface area contributed by atoms with E-state index in [1.807, 2.05) is 6.08 Å². The standard InChI is InChI=1S/C18H24N2O2/c1-4-8-18-9-7-13(12-18)14(16(21)19-10-5-2)15(18)17(22)20-11-6-3/h4-7,9,13-15H,1-3,8,10-12H2,(H,19,21)(H,20,22). The maximum Gasteiger partial charge on any atom is 0.225 e. The quantitative estimate of drug-likeness (QED) is 0.673. The van der Waals surface area contributed by atoms with Crippen molar-refractivity contribution in [1.82, 2.24) is 10.6 Å². The highest BCUT2D eigenvalue weighted by molar-refractivity contribution is 5.90. The highest BCUT2D eigenvalue weighted by atomic mass is 16.2. The Labute approximate surface area is 132 Å². The van der Waals surface area contributed by atoms with E-state index in [2.05, 4.69) is 42.5 Å². The molecular formula is C18H24N2O2. The lowest BCUT2D eigenvalue weighted by Crippen LogP contribution is -2.47. The van der Waals surface area contributed by atoms with Gasteiger partial charge in [0.05, 0.1) is 11.8 Å². The van der Waals surface area contributed by atoms with Gasteiger partial charge in [-0.25, -0.2) is 0 Å². The third-order valence-electron chi connectivity index (χ3n) is 4.68. The van der Waals surface area contributed by atoms with Gasteiger partial charge in [-0.3, -0.25) is 9.59 Å².